The molecule has 0 aliphatic heterocycles. The molecular formula is C21H26BrNO5. The molecule has 7 heteroatoms. The van der Waals surface area contributed by atoms with E-state index in [0.717, 1.165) is 10.0 Å². The van der Waals surface area contributed by atoms with Gasteiger partial charge in [-0.3, -0.25) is 9.59 Å². The van der Waals surface area contributed by atoms with Crippen LogP contribution in [0.3, 0.4) is 0 Å². The summed E-state index contributed by atoms with van der Waals surface area (Å²) in [4.78, 5) is 37.4. The number of methoxy groups -OCH3 is 1. The number of ether oxygens (including phenoxy) is 2. The Morgan fingerprint density at radius 1 is 1.25 bits per heavy atom. The lowest BCUT2D eigenvalue weighted by Gasteiger charge is -2.28. The first-order chi connectivity index (χ1) is 13.0. The second-order valence-electron chi connectivity index (χ2n) is 7.91. The molecule has 1 fully saturated rings. The summed E-state index contributed by atoms with van der Waals surface area (Å²) in [6.45, 7) is 9.22. The highest BCUT2D eigenvalue weighted by Crippen LogP contribution is 2.41. The van der Waals surface area contributed by atoms with E-state index in [1.807, 2.05) is 6.07 Å². The predicted molar refractivity (Wildman–Crippen MR) is 110 cm³/mol. The van der Waals surface area contributed by atoms with E-state index in [-0.39, 0.29) is 37.4 Å². The van der Waals surface area contributed by atoms with E-state index < -0.39 is 17.1 Å². The number of carbonyl (C=O) groups is 3. The third-order valence-electron chi connectivity index (χ3n) is 4.65. The van der Waals surface area contributed by atoms with Crippen molar-refractivity contribution in [1.29, 1.82) is 0 Å². The predicted octanol–water partition coefficient (Wildman–Crippen LogP) is 4.30. The molecule has 0 radical (unpaired) electrons. The Labute approximate surface area is 173 Å². The Hall–Kier alpha value is -2.15. The fraction of sp³-hybridized carbons (Fsp3) is 0.476. The van der Waals surface area contributed by atoms with Crippen molar-refractivity contribution < 1.29 is 23.9 Å². The molecule has 1 N–H and O–H groups in total. The number of nitrogens with one attached hydrogen (secondary N) is 1. The van der Waals surface area contributed by atoms with Crippen LogP contribution in [0.25, 0.3) is 5.57 Å². The fourth-order valence-corrected chi connectivity index (χ4v) is 3.74. The molecule has 1 saturated carbocycles. The monoisotopic (exact) mass is 451 g/mol. The van der Waals surface area contributed by atoms with Crippen molar-refractivity contribution in [3.63, 3.8) is 0 Å². The lowest BCUT2D eigenvalue weighted by Crippen LogP contribution is -2.46. The average molecular weight is 452 g/mol. The molecule has 0 atom stereocenters. The van der Waals surface area contributed by atoms with Gasteiger partial charge in [-0.25, -0.2) is 4.79 Å². The van der Waals surface area contributed by atoms with Crippen molar-refractivity contribution in [2.24, 2.45) is 5.41 Å². The van der Waals surface area contributed by atoms with Crippen molar-refractivity contribution in [3.8, 4) is 5.75 Å². The first-order valence-electron chi connectivity index (χ1n) is 9.03. The molecule has 0 aromatic heterocycles. The maximum Gasteiger partial charge on any atom is 0.407 e. The van der Waals surface area contributed by atoms with Gasteiger partial charge in [-0.2, -0.15) is 0 Å². The van der Waals surface area contributed by atoms with E-state index >= 15 is 0 Å². The van der Waals surface area contributed by atoms with Gasteiger partial charge in [0.2, 0.25) is 0 Å². The van der Waals surface area contributed by atoms with Crippen LogP contribution in [0, 0.1) is 5.41 Å². The summed E-state index contributed by atoms with van der Waals surface area (Å²) in [5, 5.41) is 2.60. The molecule has 152 valence electrons. The summed E-state index contributed by atoms with van der Waals surface area (Å²) in [5.74, 6) is 0.270. The van der Waals surface area contributed by atoms with E-state index in [2.05, 4.69) is 27.8 Å². The van der Waals surface area contributed by atoms with Gasteiger partial charge >= 0.3 is 6.09 Å². The molecule has 1 aromatic carbocycles. The van der Waals surface area contributed by atoms with Gasteiger partial charge in [-0.05, 0) is 56.5 Å². The number of alkyl carbamates (subject to hydrolysis) is 1. The van der Waals surface area contributed by atoms with E-state index in [1.54, 1.807) is 40.0 Å². The first kappa shape index (κ1) is 22.1. The molecule has 2 rings (SSSR count). The number of halogens is 1. The molecule has 1 amide bonds. The van der Waals surface area contributed by atoms with Crippen LogP contribution in [-0.2, 0) is 14.3 Å². The highest BCUT2D eigenvalue weighted by molar-refractivity contribution is 9.10. The molecule has 1 aliphatic carbocycles. The maximum absolute atomic E-state index is 12.7. The van der Waals surface area contributed by atoms with Crippen LogP contribution in [0.15, 0.2) is 29.3 Å². The van der Waals surface area contributed by atoms with Crippen LogP contribution in [-0.4, -0.2) is 36.9 Å². The second-order valence-corrected chi connectivity index (χ2v) is 8.76. The molecule has 6 nitrogen and oxygen atoms in total. The quantitative estimate of drug-likeness (QED) is 0.651. The largest absolute Gasteiger partial charge is 0.497 e. The zero-order valence-corrected chi connectivity index (χ0v) is 18.3. The number of carbonyl (C=O) groups excluding carboxylic acids is 3. The molecule has 0 bridgehead atoms. The van der Waals surface area contributed by atoms with Crippen molar-refractivity contribution in [2.45, 2.75) is 45.6 Å². The Morgan fingerprint density at radius 2 is 1.86 bits per heavy atom. The lowest BCUT2D eigenvalue weighted by molar-refractivity contribution is -0.134. The smallest absolute Gasteiger partial charge is 0.407 e. The molecule has 28 heavy (non-hydrogen) atoms. The summed E-state index contributed by atoms with van der Waals surface area (Å²) in [5.41, 5.74) is -0.629. The van der Waals surface area contributed by atoms with Gasteiger partial charge in [0.05, 0.1) is 7.11 Å². The third-order valence-corrected chi connectivity index (χ3v) is 5.34. The van der Waals surface area contributed by atoms with E-state index in [9.17, 15) is 14.4 Å². The van der Waals surface area contributed by atoms with Gasteiger partial charge in [0, 0.05) is 23.9 Å². The molecule has 0 heterocycles. The highest BCUT2D eigenvalue weighted by Gasteiger charge is 2.50. The topological polar surface area (TPSA) is 81.7 Å². The van der Waals surface area contributed by atoms with E-state index in [1.165, 1.54) is 0 Å². The Kier molecular flexibility index (Phi) is 6.70. The van der Waals surface area contributed by atoms with Gasteiger partial charge in [0.15, 0.2) is 0 Å². The van der Waals surface area contributed by atoms with Crippen LogP contribution >= 0.6 is 15.9 Å². The number of hydrogen-bond donors (Lipinski definition) is 1. The number of ketones is 2. The minimum Gasteiger partial charge on any atom is -0.497 e. The highest BCUT2D eigenvalue weighted by atomic mass is 79.9. The molecule has 0 saturated heterocycles. The molecular weight excluding hydrogens is 426 g/mol. The first-order valence-corrected chi connectivity index (χ1v) is 9.83. The van der Waals surface area contributed by atoms with Crippen molar-refractivity contribution in [1.82, 2.24) is 5.32 Å². The summed E-state index contributed by atoms with van der Waals surface area (Å²) in [6.07, 6.45) is -0.206. The summed E-state index contributed by atoms with van der Waals surface area (Å²) >= 11 is 3.48. The maximum atomic E-state index is 12.7. The molecule has 1 aliphatic rings. The van der Waals surface area contributed by atoms with E-state index in [4.69, 9.17) is 9.47 Å². The standard InChI is InChI=1S/C21H26BrNO5/c1-13(15-10-14(27-5)6-7-16(15)22)11-21(17(24)8-9-18(21)25)12-23-19(26)28-20(2,3)4/h6-7,10H,1,8-9,11-12H2,2-5H3,(H,23,26). The van der Waals surface area contributed by atoms with Crippen LogP contribution in [0.1, 0.15) is 45.6 Å². The molecule has 0 unspecified atom stereocenters. The minimum atomic E-state index is -1.32. The average Bonchev–Trinajstić information content (AvgIpc) is 2.87. The summed E-state index contributed by atoms with van der Waals surface area (Å²) < 4.78 is 11.3. The van der Waals surface area contributed by atoms with Gasteiger partial charge in [0.1, 0.15) is 28.3 Å². The molecule has 0 spiro atoms. The zero-order chi connectivity index (χ0) is 21.1. The number of amides is 1. The summed E-state index contributed by atoms with van der Waals surface area (Å²) in [6, 6.07) is 5.42. The Morgan fingerprint density at radius 3 is 2.39 bits per heavy atom. The summed E-state index contributed by atoms with van der Waals surface area (Å²) in [7, 11) is 1.56. The van der Waals surface area contributed by atoms with Crippen molar-refractivity contribution in [3.05, 3.63) is 34.8 Å². The number of Topliss-reactive ketones (excluding diaryl/α,β-unsaturated/α-hetero) is 2. The number of allylic oxidation sites excluding steroid dienone is 1. The van der Waals surface area contributed by atoms with E-state index in [0.29, 0.717) is 11.3 Å². The van der Waals surface area contributed by atoms with Crippen molar-refractivity contribution >= 4 is 39.2 Å². The number of benzene rings is 1. The Bertz CT molecular complexity index is 794. The number of rotatable bonds is 6. The van der Waals surface area contributed by atoms with Gasteiger partial charge in [0.25, 0.3) is 0 Å². The van der Waals surface area contributed by atoms with Crippen LogP contribution in [0.5, 0.6) is 5.75 Å². The van der Waals surface area contributed by atoms with Crippen LogP contribution in [0.4, 0.5) is 4.79 Å². The Balaban J connectivity index is 2.25. The normalized spacial score (nSPS) is 16.0. The SMILES string of the molecule is C=C(CC1(CNC(=O)OC(C)(C)C)C(=O)CCC1=O)c1cc(OC)ccc1Br. The van der Waals surface area contributed by atoms with Crippen molar-refractivity contribution in [2.75, 3.05) is 13.7 Å². The second kappa shape index (κ2) is 8.47. The third kappa shape index (κ3) is 5.01. The zero-order valence-electron chi connectivity index (χ0n) is 16.7. The lowest BCUT2D eigenvalue weighted by atomic mass is 9.77. The van der Waals surface area contributed by atoms with Gasteiger partial charge in [-0.1, -0.05) is 22.5 Å². The molecule has 1 aromatic rings. The van der Waals surface area contributed by atoms with Gasteiger partial charge < -0.3 is 14.8 Å². The number of hydrogen-bond acceptors (Lipinski definition) is 5. The van der Waals surface area contributed by atoms with Gasteiger partial charge in [-0.15, -0.1) is 0 Å². The fourth-order valence-electron chi connectivity index (χ4n) is 3.22. The van der Waals surface area contributed by atoms with Crippen LogP contribution < -0.4 is 10.1 Å². The minimum absolute atomic E-state index is 0.111. The van der Waals surface area contributed by atoms with Crippen LogP contribution in [0.2, 0.25) is 0 Å².